The number of carbonyl (C=O) groups excluding carboxylic acids is 2. The smallest absolute Gasteiger partial charge is 0.334 e. The van der Waals surface area contributed by atoms with E-state index >= 15 is 0 Å². The second-order valence-electron chi connectivity index (χ2n) is 5.40. The van der Waals surface area contributed by atoms with Gasteiger partial charge in [-0.25, -0.2) is 4.79 Å². The lowest BCUT2D eigenvalue weighted by Crippen LogP contribution is -2.30. The number of carbonyl (C=O) groups is 2. The van der Waals surface area contributed by atoms with Crippen molar-refractivity contribution in [1.29, 1.82) is 0 Å². The van der Waals surface area contributed by atoms with Crippen molar-refractivity contribution in [2.75, 3.05) is 6.61 Å². The fourth-order valence-electron chi connectivity index (χ4n) is 2.73. The quantitative estimate of drug-likeness (QED) is 0.435. The van der Waals surface area contributed by atoms with Crippen LogP contribution >= 0.6 is 0 Å². The van der Waals surface area contributed by atoms with E-state index in [4.69, 9.17) is 9.47 Å². The van der Waals surface area contributed by atoms with Gasteiger partial charge in [0.15, 0.2) is 0 Å². The number of aldehydes is 1. The summed E-state index contributed by atoms with van der Waals surface area (Å²) in [7, 11) is 0. The van der Waals surface area contributed by atoms with Crippen molar-refractivity contribution in [3.8, 4) is 0 Å². The lowest BCUT2D eigenvalue weighted by molar-refractivity contribution is -0.139. The van der Waals surface area contributed by atoms with Crippen LogP contribution in [0.5, 0.6) is 0 Å². The number of esters is 1. The molecule has 1 aliphatic heterocycles. The van der Waals surface area contributed by atoms with Gasteiger partial charge in [0.05, 0.1) is 18.8 Å². The first-order chi connectivity index (χ1) is 9.15. The molecule has 2 rings (SSSR count). The summed E-state index contributed by atoms with van der Waals surface area (Å²) in [6.45, 7) is 4.14. The second kappa shape index (κ2) is 6.33. The maximum atomic E-state index is 12.0. The molecule has 19 heavy (non-hydrogen) atoms. The summed E-state index contributed by atoms with van der Waals surface area (Å²) in [5, 5.41) is 0. The Kier molecular flexibility index (Phi) is 4.75. The summed E-state index contributed by atoms with van der Waals surface area (Å²) in [6.07, 6.45) is 5.20. The van der Waals surface area contributed by atoms with Crippen LogP contribution in [0.4, 0.5) is 0 Å². The molecule has 4 nitrogen and oxygen atoms in total. The van der Waals surface area contributed by atoms with Crippen LogP contribution in [0, 0.1) is 5.92 Å². The van der Waals surface area contributed by atoms with Gasteiger partial charge in [-0.05, 0) is 45.4 Å². The fourth-order valence-corrected chi connectivity index (χ4v) is 2.73. The average molecular weight is 266 g/mol. The minimum atomic E-state index is -0.340. The normalized spacial score (nSPS) is 29.8. The predicted molar refractivity (Wildman–Crippen MR) is 70.6 cm³/mol. The average Bonchev–Trinajstić information content (AvgIpc) is 3.19. The summed E-state index contributed by atoms with van der Waals surface area (Å²) in [4.78, 5) is 22.8. The van der Waals surface area contributed by atoms with Gasteiger partial charge in [0, 0.05) is 12.0 Å². The van der Waals surface area contributed by atoms with E-state index in [9.17, 15) is 9.59 Å². The Morgan fingerprint density at radius 3 is 2.74 bits per heavy atom. The van der Waals surface area contributed by atoms with Gasteiger partial charge in [-0.1, -0.05) is 5.57 Å². The SMILES string of the molecule is CCOC(=O)/C(CC=O)=C1\C[C@@H](C)O[C@H](C2CC2)C1. The molecule has 1 saturated carbocycles. The first-order valence-corrected chi connectivity index (χ1v) is 7.12. The Morgan fingerprint density at radius 2 is 2.16 bits per heavy atom. The molecule has 0 unspecified atom stereocenters. The van der Waals surface area contributed by atoms with E-state index in [0.717, 1.165) is 24.7 Å². The molecule has 1 aliphatic carbocycles. The van der Waals surface area contributed by atoms with Crippen LogP contribution in [0.3, 0.4) is 0 Å². The summed E-state index contributed by atoms with van der Waals surface area (Å²) >= 11 is 0. The number of rotatable bonds is 5. The van der Waals surface area contributed by atoms with Crippen molar-refractivity contribution in [3.63, 3.8) is 0 Å². The van der Waals surface area contributed by atoms with Crippen molar-refractivity contribution in [3.05, 3.63) is 11.1 Å². The molecule has 4 heteroatoms. The van der Waals surface area contributed by atoms with Crippen LogP contribution in [0.25, 0.3) is 0 Å². The lowest BCUT2D eigenvalue weighted by atomic mass is 9.90. The van der Waals surface area contributed by atoms with E-state index in [0.29, 0.717) is 18.1 Å². The third-order valence-electron chi connectivity index (χ3n) is 3.77. The Labute approximate surface area is 114 Å². The van der Waals surface area contributed by atoms with E-state index in [1.807, 2.05) is 6.92 Å². The molecule has 2 fully saturated rings. The van der Waals surface area contributed by atoms with Crippen molar-refractivity contribution < 1.29 is 19.1 Å². The van der Waals surface area contributed by atoms with Gasteiger partial charge < -0.3 is 14.3 Å². The minimum Gasteiger partial charge on any atom is -0.463 e. The van der Waals surface area contributed by atoms with Gasteiger partial charge in [0.2, 0.25) is 0 Å². The van der Waals surface area contributed by atoms with Gasteiger partial charge in [-0.3, -0.25) is 0 Å². The Hall–Kier alpha value is -1.16. The minimum absolute atomic E-state index is 0.116. The molecule has 0 aromatic carbocycles. The van der Waals surface area contributed by atoms with Crippen molar-refractivity contribution in [2.24, 2.45) is 5.92 Å². The topological polar surface area (TPSA) is 52.6 Å². The van der Waals surface area contributed by atoms with Crippen LogP contribution < -0.4 is 0 Å². The molecule has 0 N–H and O–H groups in total. The lowest BCUT2D eigenvalue weighted by Gasteiger charge is -2.31. The zero-order valence-electron chi connectivity index (χ0n) is 11.7. The summed E-state index contributed by atoms with van der Waals surface area (Å²) in [6, 6.07) is 0. The van der Waals surface area contributed by atoms with Gasteiger partial charge in [0.25, 0.3) is 0 Å². The number of hydrogen-bond acceptors (Lipinski definition) is 4. The van der Waals surface area contributed by atoms with E-state index in [-0.39, 0.29) is 24.6 Å². The number of ether oxygens (including phenoxy) is 2. The summed E-state index contributed by atoms with van der Waals surface area (Å²) < 4.78 is 11.0. The summed E-state index contributed by atoms with van der Waals surface area (Å²) in [5.74, 6) is 0.297. The van der Waals surface area contributed by atoms with E-state index < -0.39 is 0 Å². The molecule has 106 valence electrons. The van der Waals surface area contributed by atoms with Crippen LogP contribution in [0.2, 0.25) is 0 Å². The third kappa shape index (κ3) is 3.66. The zero-order chi connectivity index (χ0) is 13.8. The van der Waals surface area contributed by atoms with Gasteiger partial charge in [0.1, 0.15) is 6.29 Å². The largest absolute Gasteiger partial charge is 0.463 e. The zero-order valence-corrected chi connectivity index (χ0v) is 11.7. The van der Waals surface area contributed by atoms with Gasteiger partial charge in [-0.15, -0.1) is 0 Å². The highest BCUT2D eigenvalue weighted by molar-refractivity contribution is 5.92. The standard InChI is InChI=1S/C15H22O4/c1-3-18-15(17)13(6-7-16)12-8-10(2)19-14(9-12)11-4-5-11/h7,10-11,14H,3-6,8-9H2,1-2H3/b13-12+/t10-,14+/m1/s1. The molecule has 0 aromatic heterocycles. The van der Waals surface area contributed by atoms with Crippen molar-refractivity contribution >= 4 is 12.3 Å². The Morgan fingerprint density at radius 1 is 1.42 bits per heavy atom. The van der Waals surface area contributed by atoms with Gasteiger partial charge >= 0.3 is 5.97 Å². The van der Waals surface area contributed by atoms with E-state index in [1.54, 1.807) is 6.92 Å². The second-order valence-corrected chi connectivity index (χ2v) is 5.40. The monoisotopic (exact) mass is 266 g/mol. The molecular weight excluding hydrogens is 244 g/mol. The van der Waals surface area contributed by atoms with Crippen LogP contribution in [0.1, 0.15) is 46.0 Å². The van der Waals surface area contributed by atoms with Crippen molar-refractivity contribution in [1.82, 2.24) is 0 Å². The fraction of sp³-hybridized carbons (Fsp3) is 0.733. The molecule has 0 spiro atoms. The third-order valence-corrected chi connectivity index (χ3v) is 3.77. The maximum absolute atomic E-state index is 12.0. The predicted octanol–water partition coefficient (Wildman–Crippen LogP) is 2.41. The molecule has 1 heterocycles. The first kappa shape index (κ1) is 14.3. The highest BCUT2D eigenvalue weighted by Crippen LogP contribution is 2.41. The molecule has 0 radical (unpaired) electrons. The van der Waals surface area contributed by atoms with E-state index in [2.05, 4.69) is 0 Å². The Bertz CT molecular complexity index is 382. The highest BCUT2D eigenvalue weighted by Gasteiger charge is 2.37. The van der Waals surface area contributed by atoms with Crippen LogP contribution in [-0.2, 0) is 19.1 Å². The molecule has 1 saturated heterocycles. The molecule has 0 aromatic rings. The Balaban J connectivity index is 2.17. The first-order valence-electron chi connectivity index (χ1n) is 7.12. The molecule has 0 amide bonds. The van der Waals surface area contributed by atoms with Gasteiger partial charge in [-0.2, -0.15) is 0 Å². The van der Waals surface area contributed by atoms with E-state index in [1.165, 1.54) is 12.8 Å². The van der Waals surface area contributed by atoms with Crippen LogP contribution in [0.15, 0.2) is 11.1 Å². The number of hydrogen-bond donors (Lipinski definition) is 0. The highest BCUT2D eigenvalue weighted by atomic mass is 16.5. The van der Waals surface area contributed by atoms with Crippen molar-refractivity contribution in [2.45, 2.75) is 58.2 Å². The molecular formula is C15H22O4. The van der Waals surface area contributed by atoms with Crippen LogP contribution in [-0.4, -0.2) is 31.1 Å². The summed E-state index contributed by atoms with van der Waals surface area (Å²) in [5.41, 5.74) is 1.61. The maximum Gasteiger partial charge on any atom is 0.334 e. The molecule has 2 aliphatic rings. The molecule has 2 atom stereocenters. The molecule has 0 bridgehead atoms.